The van der Waals surface area contributed by atoms with Crippen molar-refractivity contribution in [2.75, 3.05) is 13.2 Å². The third-order valence-corrected chi connectivity index (χ3v) is 3.70. The number of nitrogens with one attached hydrogen (secondary N) is 1. The Balaban J connectivity index is 1.93. The highest BCUT2D eigenvalue weighted by Crippen LogP contribution is 2.29. The summed E-state index contributed by atoms with van der Waals surface area (Å²) >= 11 is 6.04. The Morgan fingerprint density at radius 1 is 1.53 bits per heavy atom. The number of carbonyl (C=O) groups excluding carboxylic acids is 1. The molecule has 2 heterocycles. The van der Waals surface area contributed by atoms with Gasteiger partial charge in [0.05, 0.1) is 13.2 Å². The molecule has 0 saturated heterocycles. The molecule has 1 aliphatic rings. The van der Waals surface area contributed by atoms with Gasteiger partial charge in [0.15, 0.2) is 0 Å². The maximum absolute atomic E-state index is 11.7. The first-order valence-corrected chi connectivity index (χ1v) is 6.77. The van der Waals surface area contributed by atoms with Gasteiger partial charge in [-0.1, -0.05) is 11.6 Å². The first-order chi connectivity index (χ1) is 9.19. The minimum atomic E-state index is -0.246. The molecule has 0 bridgehead atoms. The highest BCUT2D eigenvalue weighted by Gasteiger charge is 2.24. The summed E-state index contributed by atoms with van der Waals surface area (Å²) in [4.78, 5) is 16.8. The van der Waals surface area contributed by atoms with Crippen molar-refractivity contribution in [2.45, 2.75) is 19.9 Å². The topological polar surface area (TPSA) is 45.3 Å². The molecule has 0 atom stereocenters. The Morgan fingerprint density at radius 2 is 2.37 bits per heavy atom. The Morgan fingerprint density at radius 3 is 3.16 bits per heavy atom. The van der Waals surface area contributed by atoms with Crippen LogP contribution in [0.15, 0.2) is 18.2 Å². The number of amides is 1. The average molecular weight is 279 g/mol. The zero-order valence-electron chi connectivity index (χ0n) is 10.7. The number of rotatable bonds is 1. The minimum absolute atomic E-state index is 0.246. The number of aromatic nitrogens is 1. The number of ether oxygens (including phenoxy) is 1. The normalized spacial score (nSPS) is 14.5. The molecule has 1 amide bonds. The lowest BCUT2D eigenvalue weighted by atomic mass is 10.0. The number of H-pyrrole nitrogens is 1. The van der Waals surface area contributed by atoms with Crippen LogP contribution in [0, 0.1) is 0 Å². The number of aromatic amines is 1. The molecule has 1 aromatic heterocycles. The van der Waals surface area contributed by atoms with Gasteiger partial charge in [0.2, 0.25) is 0 Å². The van der Waals surface area contributed by atoms with Crippen molar-refractivity contribution in [1.82, 2.24) is 9.88 Å². The van der Waals surface area contributed by atoms with Crippen molar-refractivity contribution in [1.29, 1.82) is 0 Å². The fourth-order valence-corrected chi connectivity index (χ4v) is 2.76. The van der Waals surface area contributed by atoms with Crippen LogP contribution in [-0.2, 0) is 17.7 Å². The maximum atomic E-state index is 11.7. The van der Waals surface area contributed by atoms with E-state index in [2.05, 4.69) is 4.98 Å². The van der Waals surface area contributed by atoms with E-state index in [9.17, 15) is 4.79 Å². The van der Waals surface area contributed by atoms with Crippen LogP contribution >= 0.6 is 11.6 Å². The van der Waals surface area contributed by atoms with Crippen LogP contribution in [-0.4, -0.2) is 29.1 Å². The van der Waals surface area contributed by atoms with Crippen LogP contribution in [0.4, 0.5) is 4.79 Å². The molecular weight excluding hydrogens is 264 g/mol. The summed E-state index contributed by atoms with van der Waals surface area (Å²) in [5.41, 5.74) is 3.41. The molecule has 19 heavy (non-hydrogen) atoms. The molecule has 0 saturated carbocycles. The Bertz CT molecular complexity index is 636. The summed E-state index contributed by atoms with van der Waals surface area (Å²) in [6.45, 7) is 3.48. The van der Waals surface area contributed by atoms with Gasteiger partial charge in [-0.25, -0.2) is 4.79 Å². The van der Waals surface area contributed by atoms with E-state index in [-0.39, 0.29) is 6.09 Å². The SMILES string of the molecule is CCOC(=O)N1CCc2c([nH]c3ccc(Cl)cc23)C1. The standard InChI is InChI=1S/C14H15ClN2O2/c1-2-19-14(18)17-6-5-10-11-7-9(15)3-4-12(11)16-13(10)8-17/h3-4,7,16H,2,5-6,8H2,1H3. The second kappa shape index (κ2) is 4.78. The van der Waals surface area contributed by atoms with Crippen LogP contribution in [0.2, 0.25) is 5.02 Å². The Labute approximate surface area is 116 Å². The third-order valence-electron chi connectivity index (χ3n) is 3.46. The second-order valence-electron chi connectivity index (χ2n) is 4.64. The van der Waals surface area contributed by atoms with Crippen LogP contribution in [0.1, 0.15) is 18.2 Å². The van der Waals surface area contributed by atoms with Crippen LogP contribution in [0.3, 0.4) is 0 Å². The molecule has 0 unspecified atom stereocenters. The van der Waals surface area contributed by atoms with Crippen LogP contribution in [0.5, 0.6) is 0 Å². The fourth-order valence-electron chi connectivity index (χ4n) is 2.58. The van der Waals surface area contributed by atoms with Gasteiger partial charge in [0.25, 0.3) is 0 Å². The predicted octanol–water partition coefficient (Wildman–Crippen LogP) is 3.34. The number of nitrogens with zero attached hydrogens (tertiary/aromatic N) is 1. The molecule has 5 heteroatoms. The van der Waals surface area contributed by atoms with Gasteiger partial charge in [-0.3, -0.25) is 0 Å². The molecule has 2 aromatic rings. The van der Waals surface area contributed by atoms with E-state index in [1.54, 1.807) is 4.90 Å². The molecule has 0 aliphatic carbocycles. The molecule has 1 N–H and O–H groups in total. The van der Waals surface area contributed by atoms with Crippen LogP contribution in [0.25, 0.3) is 10.9 Å². The van der Waals surface area contributed by atoms with Crippen molar-refractivity contribution < 1.29 is 9.53 Å². The van der Waals surface area contributed by atoms with E-state index >= 15 is 0 Å². The summed E-state index contributed by atoms with van der Waals surface area (Å²) in [5, 5.41) is 1.90. The number of carbonyl (C=O) groups is 1. The summed E-state index contributed by atoms with van der Waals surface area (Å²) in [6, 6.07) is 5.83. The molecule has 0 fully saturated rings. The van der Waals surface area contributed by atoms with Crippen molar-refractivity contribution in [2.24, 2.45) is 0 Å². The molecule has 0 spiro atoms. The van der Waals surface area contributed by atoms with Crippen molar-refractivity contribution >= 4 is 28.6 Å². The van der Waals surface area contributed by atoms with E-state index < -0.39 is 0 Å². The lowest BCUT2D eigenvalue weighted by Crippen LogP contribution is -2.36. The molecule has 1 aromatic carbocycles. The largest absolute Gasteiger partial charge is 0.450 e. The number of hydrogen-bond acceptors (Lipinski definition) is 2. The lowest BCUT2D eigenvalue weighted by Gasteiger charge is -2.26. The van der Waals surface area contributed by atoms with Gasteiger partial charge in [0.1, 0.15) is 0 Å². The fraction of sp³-hybridized carbons (Fsp3) is 0.357. The van der Waals surface area contributed by atoms with Gasteiger partial charge in [-0.05, 0) is 37.1 Å². The third kappa shape index (κ3) is 2.16. The zero-order chi connectivity index (χ0) is 13.4. The van der Waals surface area contributed by atoms with Crippen molar-refractivity contribution in [3.05, 3.63) is 34.5 Å². The Hall–Kier alpha value is -1.68. The van der Waals surface area contributed by atoms with Gasteiger partial charge in [-0.15, -0.1) is 0 Å². The monoisotopic (exact) mass is 278 g/mol. The number of hydrogen-bond donors (Lipinski definition) is 1. The number of fused-ring (bicyclic) bond motifs is 3. The van der Waals surface area contributed by atoms with E-state index in [1.807, 2.05) is 25.1 Å². The molecule has 3 rings (SSSR count). The predicted molar refractivity (Wildman–Crippen MR) is 74.4 cm³/mol. The van der Waals surface area contributed by atoms with Gasteiger partial charge < -0.3 is 14.6 Å². The summed E-state index contributed by atoms with van der Waals surface area (Å²) in [5.74, 6) is 0. The number of halogens is 1. The summed E-state index contributed by atoms with van der Waals surface area (Å²) < 4.78 is 5.04. The van der Waals surface area contributed by atoms with E-state index in [0.717, 1.165) is 28.0 Å². The van der Waals surface area contributed by atoms with Crippen molar-refractivity contribution in [3.8, 4) is 0 Å². The summed E-state index contributed by atoms with van der Waals surface area (Å²) in [7, 11) is 0. The first-order valence-electron chi connectivity index (χ1n) is 6.39. The molecule has 0 radical (unpaired) electrons. The maximum Gasteiger partial charge on any atom is 0.410 e. The quantitative estimate of drug-likeness (QED) is 0.869. The average Bonchev–Trinajstić information content (AvgIpc) is 2.76. The molecular formula is C14H15ClN2O2. The smallest absolute Gasteiger partial charge is 0.410 e. The van der Waals surface area contributed by atoms with E-state index in [1.165, 1.54) is 5.56 Å². The van der Waals surface area contributed by atoms with Gasteiger partial charge in [0, 0.05) is 28.2 Å². The Kier molecular flexibility index (Phi) is 3.11. The number of benzene rings is 1. The van der Waals surface area contributed by atoms with Gasteiger partial charge >= 0.3 is 6.09 Å². The molecule has 1 aliphatic heterocycles. The van der Waals surface area contributed by atoms with Crippen LogP contribution < -0.4 is 0 Å². The molecule has 100 valence electrons. The molecule has 4 nitrogen and oxygen atoms in total. The van der Waals surface area contributed by atoms with E-state index in [4.69, 9.17) is 16.3 Å². The minimum Gasteiger partial charge on any atom is -0.450 e. The summed E-state index contributed by atoms with van der Waals surface area (Å²) in [6.07, 6.45) is 0.582. The highest BCUT2D eigenvalue weighted by atomic mass is 35.5. The second-order valence-corrected chi connectivity index (χ2v) is 5.08. The lowest BCUT2D eigenvalue weighted by molar-refractivity contribution is 0.102. The highest BCUT2D eigenvalue weighted by molar-refractivity contribution is 6.31. The van der Waals surface area contributed by atoms with Crippen molar-refractivity contribution in [3.63, 3.8) is 0 Å². The first kappa shape index (κ1) is 12.4. The van der Waals surface area contributed by atoms with E-state index in [0.29, 0.717) is 19.7 Å². The zero-order valence-corrected chi connectivity index (χ0v) is 11.5. The van der Waals surface area contributed by atoms with Gasteiger partial charge in [-0.2, -0.15) is 0 Å².